The van der Waals surface area contributed by atoms with Gasteiger partial charge in [0.05, 0.1) is 7.11 Å². The Kier molecular flexibility index (Phi) is 6.13. The second-order valence-electron chi connectivity index (χ2n) is 5.37. The third-order valence-electron chi connectivity index (χ3n) is 3.60. The van der Waals surface area contributed by atoms with E-state index in [0.29, 0.717) is 11.8 Å². The fourth-order valence-electron chi connectivity index (χ4n) is 2.51. The first kappa shape index (κ1) is 16.4. The highest BCUT2D eigenvalue weighted by Gasteiger charge is 2.13. The number of benzene rings is 2. The highest BCUT2D eigenvalue weighted by molar-refractivity contribution is 9.10. The van der Waals surface area contributed by atoms with Crippen molar-refractivity contribution in [2.24, 2.45) is 5.92 Å². The SMILES string of the molecule is COc1ccc(C)cc1CC(CCl)Cc1ccc(Br)cc1. The smallest absolute Gasteiger partial charge is 0.122 e. The van der Waals surface area contributed by atoms with Crippen molar-refractivity contribution in [2.75, 3.05) is 13.0 Å². The lowest BCUT2D eigenvalue weighted by Crippen LogP contribution is -2.11. The molecule has 0 aromatic heterocycles. The van der Waals surface area contributed by atoms with E-state index in [1.54, 1.807) is 7.11 Å². The van der Waals surface area contributed by atoms with E-state index in [1.807, 2.05) is 6.07 Å². The average molecular weight is 368 g/mol. The first-order chi connectivity index (χ1) is 10.1. The zero-order valence-electron chi connectivity index (χ0n) is 12.4. The Morgan fingerprint density at radius 3 is 2.43 bits per heavy atom. The molecule has 0 radical (unpaired) electrons. The molecule has 2 rings (SSSR count). The molecular weight excluding hydrogens is 348 g/mol. The molecular formula is C18H20BrClO. The van der Waals surface area contributed by atoms with Gasteiger partial charge in [0.1, 0.15) is 5.75 Å². The highest BCUT2D eigenvalue weighted by atomic mass is 79.9. The van der Waals surface area contributed by atoms with Crippen LogP contribution in [0, 0.1) is 12.8 Å². The third kappa shape index (κ3) is 4.76. The molecule has 0 heterocycles. The summed E-state index contributed by atoms with van der Waals surface area (Å²) in [6.45, 7) is 2.10. The van der Waals surface area contributed by atoms with Gasteiger partial charge in [0.15, 0.2) is 0 Å². The molecule has 2 aromatic carbocycles. The van der Waals surface area contributed by atoms with E-state index in [1.165, 1.54) is 16.7 Å². The fourth-order valence-corrected chi connectivity index (χ4v) is 3.00. The van der Waals surface area contributed by atoms with Crippen molar-refractivity contribution in [3.63, 3.8) is 0 Å². The highest BCUT2D eigenvalue weighted by Crippen LogP contribution is 2.25. The minimum absolute atomic E-state index is 0.406. The van der Waals surface area contributed by atoms with Crippen LogP contribution in [0.1, 0.15) is 16.7 Å². The topological polar surface area (TPSA) is 9.23 Å². The van der Waals surface area contributed by atoms with Gasteiger partial charge in [-0.3, -0.25) is 0 Å². The number of ether oxygens (including phenoxy) is 1. The van der Waals surface area contributed by atoms with Gasteiger partial charge in [0.25, 0.3) is 0 Å². The van der Waals surface area contributed by atoms with Gasteiger partial charge in [-0.2, -0.15) is 0 Å². The van der Waals surface area contributed by atoms with E-state index in [4.69, 9.17) is 16.3 Å². The summed E-state index contributed by atoms with van der Waals surface area (Å²) in [5.41, 5.74) is 3.80. The molecule has 0 aliphatic heterocycles. The molecule has 0 aliphatic carbocycles. The van der Waals surface area contributed by atoms with E-state index < -0.39 is 0 Å². The largest absolute Gasteiger partial charge is 0.496 e. The summed E-state index contributed by atoms with van der Waals surface area (Å²) in [7, 11) is 1.72. The van der Waals surface area contributed by atoms with Gasteiger partial charge in [-0.15, -0.1) is 11.6 Å². The molecule has 1 nitrogen and oxygen atoms in total. The molecule has 0 saturated heterocycles. The molecule has 0 bridgehead atoms. The molecule has 1 atom stereocenters. The average Bonchev–Trinajstić information content (AvgIpc) is 2.49. The summed E-state index contributed by atoms with van der Waals surface area (Å²) in [4.78, 5) is 0. The summed E-state index contributed by atoms with van der Waals surface area (Å²) >= 11 is 9.65. The number of hydrogen-bond donors (Lipinski definition) is 0. The molecule has 0 aliphatic rings. The molecule has 21 heavy (non-hydrogen) atoms. The second kappa shape index (κ2) is 7.86. The fraction of sp³-hybridized carbons (Fsp3) is 0.333. The maximum absolute atomic E-state index is 6.18. The summed E-state index contributed by atoms with van der Waals surface area (Å²) in [6.07, 6.45) is 1.91. The van der Waals surface area contributed by atoms with Gasteiger partial charge in [-0.25, -0.2) is 0 Å². The molecule has 0 saturated carbocycles. The van der Waals surface area contributed by atoms with Gasteiger partial charge in [0.2, 0.25) is 0 Å². The molecule has 0 spiro atoms. The Balaban J connectivity index is 2.11. The maximum Gasteiger partial charge on any atom is 0.122 e. The number of halogens is 2. The van der Waals surface area contributed by atoms with Crippen LogP contribution in [0.4, 0.5) is 0 Å². The lowest BCUT2D eigenvalue weighted by Gasteiger charge is -2.17. The quantitative estimate of drug-likeness (QED) is 0.621. The van der Waals surface area contributed by atoms with Crippen molar-refractivity contribution in [3.05, 3.63) is 63.6 Å². The zero-order chi connectivity index (χ0) is 15.2. The number of methoxy groups -OCH3 is 1. The van der Waals surface area contributed by atoms with E-state index in [0.717, 1.165) is 23.1 Å². The third-order valence-corrected chi connectivity index (χ3v) is 4.57. The van der Waals surface area contributed by atoms with Gasteiger partial charge in [-0.05, 0) is 55.0 Å². The van der Waals surface area contributed by atoms with Crippen LogP contribution in [0.15, 0.2) is 46.9 Å². The first-order valence-corrected chi connectivity index (χ1v) is 8.39. The van der Waals surface area contributed by atoms with Crippen LogP contribution in [-0.4, -0.2) is 13.0 Å². The van der Waals surface area contributed by atoms with Crippen molar-refractivity contribution < 1.29 is 4.74 Å². The van der Waals surface area contributed by atoms with Crippen molar-refractivity contribution in [1.29, 1.82) is 0 Å². The summed E-state index contributed by atoms with van der Waals surface area (Å²) in [5.74, 6) is 2.00. The van der Waals surface area contributed by atoms with Crippen LogP contribution in [0.2, 0.25) is 0 Å². The van der Waals surface area contributed by atoms with E-state index in [9.17, 15) is 0 Å². The molecule has 0 fully saturated rings. The van der Waals surface area contributed by atoms with Crippen LogP contribution in [0.5, 0.6) is 5.75 Å². The maximum atomic E-state index is 6.18. The molecule has 2 aromatic rings. The van der Waals surface area contributed by atoms with E-state index in [-0.39, 0.29) is 0 Å². The molecule has 1 unspecified atom stereocenters. The standard InChI is InChI=1S/C18H20BrClO/c1-13-3-8-18(21-2)16(9-13)11-15(12-20)10-14-4-6-17(19)7-5-14/h3-9,15H,10-12H2,1-2H3. The van der Waals surface area contributed by atoms with Gasteiger partial charge in [-0.1, -0.05) is 45.8 Å². The lowest BCUT2D eigenvalue weighted by atomic mass is 9.93. The van der Waals surface area contributed by atoms with Crippen LogP contribution in [0.3, 0.4) is 0 Å². The Morgan fingerprint density at radius 1 is 1.10 bits per heavy atom. The predicted molar refractivity (Wildman–Crippen MR) is 93.5 cm³/mol. The summed E-state index contributed by atoms with van der Waals surface area (Å²) in [6, 6.07) is 14.8. The molecule has 3 heteroatoms. The number of aryl methyl sites for hydroxylation is 1. The Morgan fingerprint density at radius 2 is 1.81 bits per heavy atom. The van der Waals surface area contributed by atoms with Crippen LogP contribution in [-0.2, 0) is 12.8 Å². The predicted octanol–water partition coefficient (Wildman–Crippen LogP) is 5.41. The van der Waals surface area contributed by atoms with Gasteiger partial charge in [0, 0.05) is 10.4 Å². The summed E-state index contributed by atoms with van der Waals surface area (Å²) < 4.78 is 6.57. The monoisotopic (exact) mass is 366 g/mol. The van der Waals surface area contributed by atoms with Gasteiger partial charge >= 0.3 is 0 Å². The molecule has 112 valence electrons. The number of rotatable bonds is 6. The Hall–Kier alpha value is -0.990. The van der Waals surface area contributed by atoms with Crippen molar-refractivity contribution in [1.82, 2.24) is 0 Å². The normalized spacial score (nSPS) is 12.2. The van der Waals surface area contributed by atoms with Crippen molar-refractivity contribution >= 4 is 27.5 Å². The minimum Gasteiger partial charge on any atom is -0.496 e. The Bertz CT molecular complexity index is 580. The second-order valence-corrected chi connectivity index (χ2v) is 6.59. The number of hydrogen-bond acceptors (Lipinski definition) is 1. The minimum atomic E-state index is 0.406. The van der Waals surface area contributed by atoms with Crippen LogP contribution < -0.4 is 4.74 Å². The Labute approximate surface area is 140 Å². The lowest BCUT2D eigenvalue weighted by molar-refractivity contribution is 0.405. The van der Waals surface area contributed by atoms with Gasteiger partial charge < -0.3 is 4.74 Å². The van der Waals surface area contributed by atoms with E-state index in [2.05, 4.69) is 59.3 Å². The van der Waals surface area contributed by atoms with Crippen molar-refractivity contribution in [2.45, 2.75) is 19.8 Å². The molecule has 0 N–H and O–H groups in total. The van der Waals surface area contributed by atoms with Crippen LogP contribution in [0.25, 0.3) is 0 Å². The molecule has 0 amide bonds. The van der Waals surface area contributed by atoms with Crippen LogP contribution >= 0.6 is 27.5 Å². The van der Waals surface area contributed by atoms with Crippen molar-refractivity contribution in [3.8, 4) is 5.75 Å². The first-order valence-electron chi connectivity index (χ1n) is 7.06. The van der Waals surface area contributed by atoms with E-state index >= 15 is 0 Å². The zero-order valence-corrected chi connectivity index (χ0v) is 14.7. The summed E-state index contributed by atoms with van der Waals surface area (Å²) in [5, 5.41) is 0. The number of alkyl halides is 1.